The van der Waals surface area contributed by atoms with Gasteiger partial charge in [0.1, 0.15) is 12.1 Å². The van der Waals surface area contributed by atoms with Crippen molar-refractivity contribution in [3.8, 4) is 0 Å². The van der Waals surface area contributed by atoms with Crippen LogP contribution in [0.3, 0.4) is 0 Å². The molecule has 0 fully saturated rings. The Balaban J connectivity index is 1.49. The van der Waals surface area contributed by atoms with E-state index in [1.807, 2.05) is 12.3 Å². The third-order valence-corrected chi connectivity index (χ3v) is 5.29. The SMILES string of the molecule is CC(C)C(NC(=O)c1ccoc1)c1nnc2n1CCN(Cc1cccnc1)CC2. The van der Waals surface area contributed by atoms with Crippen LogP contribution in [-0.2, 0) is 19.5 Å². The Morgan fingerprint density at radius 1 is 1.24 bits per heavy atom. The lowest BCUT2D eigenvalue weighted by molar-refractivity contribution is 0.0921. The number of pyridine rings is 1. The fourth-order valence-electron chi connectivity index (χ4n) is 3.67. The number of fused-ring (bicyclic) bond motifs is 1. The Labute approximate surface area is 170 Å². The van der Waals surface area contributed by atoms with Crippen LogP contribution in [0.15, 0.2) is 47.5 Å². The minimum Gasteiger partial charge on any atom is -0.472 e. The summed E-state index contributed by atoms with van der Waals surface area (Å²) in [6.07, 6.45) is 7.49. The molecule has 0 bridgehead atoms. The minimum absolute atomic E-state index is 0.165. The van der Waals surface area contributed by atoms with Gasteiger partial charge in [-0.25, -0.2) is 0 Å². The van der Waals surface area contributed by atoms with Crippen molar-refractivity contribution in [3.63, 3.8) is 0 Å². The minimum atomic E-state index is -0.219. The van der Waals surface area contributed by atoms with Crippen molar-refractivity contribution in [1.29, 1.82) is 0 Å². The average Bonchev–Trinajstić information content (AvgIpc) is 3.35. The topological polar surface area (TPSA) is 89.1 Å². The summed E-state index contributed by atoms with van der Waals surface area (Å²) in [6, 6.07) is 5.51. The van der Waals surface area contributed by atoms with E-state index in [2.05, 4.69) is 49.9 Å². The van der Waals surface area contributed by atoms with Crippen LogP contribution in [0.2, 0.25) is 0 Å². The average molecular weight is 394 g/mol. The van der Waals surface area contributed by atoms with Crippen molar-refractivity contribution in [1.82, 2.24) is 30.0 Å². The smallest absolute Gasteiger partial charge is 0.255 e. The number of rotatable bonds is 6. The fraction of sp³-hybridized carbons (Fsp3) is 0.429. The number of carbonyl (C=O) groups excluding carboxylic acids is 1. The predicted octanol–water partition coefficient (Wildman–Crippen LogP) is 2.45. The standard InChI is InChI=1S/C21H26N6O2/c1-15(2)19(23-21(28)17-6-11-29-14-17)20-25-24-18-5-8-26(9-10-27(18)20)13-16-4-3-7-22-12-16/h3-4,6-7,11-12,14-15,19H,5,8-10,13H2,1-2H3,(H,23,28). The zero-order valence-corrected chi connectivity index (χ0v) is 16.8. The van der Waals surface area contributed by atoms with Crippen molar-refractivity contribution in [2.24, 2.45) is 5.92 Å². The number of carbonyl (C=O) groups is 1. The number of hydrogen-bond donors (Lipinski definition) is 1. The number of nitrogens with one attached hydrogen (secondary N) is 1. The molecule has 1 aliphatic rings. The number of aromatic nitrogens is 4. The molecule has 0 saturated heterocycles. The Morgan fingerprint density at radius 2 is 2.14 bits per heavy atom. The maximum atomic E-state index is 12.6. The van der Waals surface area contributed by atoms with Gasteiger partial charge < -0.3 is 14.3 Å². The van der Waals surface area contributed by atoms with E-state index < -0.39 is 0 Å². The van der Waals surface area contributed by atoms with Crippen LogP contribution in [0.5, 0.6) is 0 Å². The van der Waals surface area contributed by atoms with Gasteiger partial charge in [0, 0.05) is 45.0 Å². The van der Waals surface area contributed by atoms with Gasteiger partial charge in [0.05, 0.1) is 17.9 Å². The highest BCUT2D eigenvalue weighted by Gasteiger charge is 2.28. The molecule has 1 atom stereocenters. The number of amides is 1. The normalized spacial score (nSPS) is 15.7. The van der Waals surface area contributed by atoms with E-state index in [0.717, 1.165) is 44.2 Å². The third kappa shape index (κ3) is 4.37. The molecule has 0 radical (unpaired) electrons. The number of nitrogens with zero attached hydrogens (tertiary/aromatic N) is 5. The van der Waals surface area contributed by atoms with Gasteiger partial charge >= 0.3 is 0 Å². The van der Waals surface area contributed by atoms with E-state index in [4.69, 9.17) is 4.42 Å². The van der Waals surface area contributed by atoms with Gasteiger partial charge in [0.2, 0.25) is 0 Å². The second-order valence-electron chi connectivity index (χ2n) is 7.72. The molecule has 0 aromatic carbocycles. The molecule has 8 nitrogen and oxygen atoms in total. The molecule has 0 spiro atoms. The van der Waals surface area contributed by atoms with Gasteiger partial charge in [-0.2, -0.15) is 0 Å². The molecule has 1 amide bonds. The monoisotopic (exact) mass is 394 g/mol. The third-order valence-electron chi connectivity index (χ3n) is 5.29. The maximum absolute atomic E-state index is 12.6. The van der Waals surface area contributed by atoms with Gasteiger partial charge in [0.15, 0.2) is 5.82 Å². The lowest BCUT2D eigenvalue weighted by atomic mass is 10.0. The van der Waals surface area contributed by atoms with Crippen molar-refractivity contribution >= 4 is 5.91 Å². The summed E-state index contributed by atoms with van der Waals surface area (Å²) >= 11 is 0. The van der Waals surface area contributed by atoms with Crippen LogP contribution in [0.25, 0.3) is 0 Å². The molecule has 0 saturated carbocycles. The summed E-state index contributed by atoms with van der Waals surface area (Å²) in [5.41, 5.74) is 1.71. The molecule has 4 rings (SSSR count). The molecule has 4 heterocycles. The van der Waals surface area contributed by atoms with E-state index in [1.54, 1.807) is 12.3 Å². The van der Waals surface area contributed by atoms with Crippen LogP contribution in [-0.4, -0.2) is 43.6 Å². The highest BCUT2D eigenvalue weighted by atomic mass is 16.3. The highest BCUT2D eigenvalue weighted by molar-refractivity contribution is 5.94. The molecule has 1 aliphatic heterocycles. The molecular weight excluding hydrogens is 368 g/mol. The second kappa shape index (κ2) is 8.57. The van der Waals surface area contributed by atoms with Crippen molar-refractivity contribution in [2.45, 2.75) is 39.4 Å². The van der Waals surface area contributed by atoms with Crippen molar-refractivity contribution < 1.29 is 9.21 Å². The van der Waals surface area contributed by atoms with Crippen molar-refractivity contribution in [3.05, 3.63) is 65.9 Å². The first-order valence-electron chi connectivity index (χ1n) is 9.98. The summed E-state index contributed by atoms with van der Waals surface area (Å²) in [5.74, 6) is 1.79. The zero-order valence-electron chi connectivity index (χ0n) is 16.8. The predicted molar refractivity (Wildman–Crippen MR) is 107 cm³/mol. The van der Waals surface area contributed by atoms with E-state index >= 15 is 0 Å². The Morgan fingerprint density at radius 3 is 2.86 bits per heavy atom. The van der Waals surface area contributed by atoms with Crippen LogP contribution in [0.1, 0.15) is 47.5 Å². The van der Waals surface area contributed by atoms with Crippen LogP contribution < -0.4 is 5.32 Å². The molecule has 0 aliphatic carbocycles. The molecule has 3 aromatic heterocycles. The molecule has 1 unspecified atom stereocenters. The Bertz CT molecular complexity index is 936. The molecule has 1 N–H and O–H groups in total. The maximum Gasteiger partial charge on any atom is 0.255 e. The first-order valence-corrected chi connectivity index (χ1v) is 9.98. The van der Waals surface area contributed by atoms with E-state index in [9.17, 15) is 4.79 Å². The van der Waals surface area contributed by atoms with Gasteiger partial charge in [-0.05, 0) is 23.6 Å². The van der Waals surface area contributed by atoms with Crippen LogP contribution >= 0.6 is 0 Å². The largest absolute Gasteiger partial charge is 0.472 e. The van der Waals surface area contributed by atoms with Gasteiger partial charge in [0.25, 0.3) is 5.91 Å². The van der Waals surface area contributed by atoms with Gasteiger partial charge in [-0.1, -0.05) is 19.9 Å². The van der Waals surface area contributed by atoms with Crippen LogP contribution in [0, 0.1) is 5.92 Å². The van der Waals surface area contributed by atoms with E-state index in [0.29, 0.717) is 5.56 Å². The molecular formula is C21H26N6O2. The second-order valence-corrected chi connectivity index (χ2v) is 7.72. The number of hydrogen-bond acceptors (Lipinski definition) is 6. The van der Waals surface area contributed by atoms with E-state index in [-0.39, 0.29) is 17.9 Å². The summed E-state index contributed by atoms with van der Waals surface area (Å²) in [4.78, 5) is 19.2. The molecule has 3 aromatic rings. The highest BCUT2D eigenvalue weighted by Crippen LogP contribution is 2.23. The first-order chi connectivity index (χ1) is 14.1. The summed E-state index contributed by atoms with van der Waals surface area (Å²) in [5, 5.41) is 12.0. The summed E-state index contributed by atoms with van der Waals surface area (Å²) in [6.45, 7) is 7.63. The zero-order chi connectivity index (χ0) is 20.2. The van der Waals surface area contributed by atoms with E-state index in [1.165, 1.54) is 18.1 Å². The number of furan rings is 1. The Hall–Kier alpha value is -3.00. The quantitative estimate of drug-likeness (QED) is 0.691. The lowest BCUT2D eigenvalue weighted by Gasteiger charge is -2.23. The molecule has 29 heavy (non-hydrogen) atoms. The van der Waals surface area contributed by atoms with Gasteiger partial charge in [-0.15, -0.1) is 10.2 Å². The Kier molecular flexibility index (Phi) is 5.71. The fourth-order valence-corrected chi connectivity index (χ4v) is 3.67. The van der Waals surface area contributed by atoms with Gasteiger partial charge in [-0.3, -0.25) is 14.7 Å². The molecule has 152 valence electrons. The summed E-state index contributed by atoms with van der Waals surface area (Å²) < 4.78 is 7.20. The first kappa shape index (κ1) is 19.3. The van der Waals surface area contributed by atoms with Crippen molar-refractivity contribution in [2.75, 3.05) is 13.1 Å². The molecule has 8 heteroatoms. The van der Waals surface area contributed by atoms with Crippen LogP contribution in [0.4, 0.5) is 0 Å². The lowest BCUT2D eigenvalue weighted by Crippen LogP contribution is -2.34. The summed E-state index contributed by atoms with van der Waals surface area (Å²) in [7, 11) is 0.